The summed E-state index contributed by atoms with van der Waals surface area (Å²) in [7, 11) is 3.77. The van der Waals surface area contributed by atoms with E-state index < -0.39 is 10.5 Å². The van der Waals surface area contributed by atoms with Gasteiger partial charge in [-0.2, -0.15) is 0 Å². The number of carbonyl (C=O) groups is 1. The summed E-state index contributed by atoms with van der Waals surface area (Å²) in [6.45, 7) is 9.18. The fraction of sp³-hybridized carbons (Fsp3) is 0.552. The van der Waals surface area contributed by atoms with Crippen LogP contribution < -0.4 is 15.1 Å². The molecule has 0 radical (unpaired) electrons. The van der Waals surface area contributed by atoms with Gasteiger partial charge >= 0.3 is 6.09 Å². The first-order valence-corrected chi connectivity index (χ1v) is 14.0. The zero-order chi connectivity index (χ0) is 30.2. The molecule has 0 spiro atoms. The zero-order valence-electron chi connectivity index (χ0n) is 25.0. The van der Waals surface area contributed by atoms with Gasteiger partial charge in [0.1, 0.15) is 5.60 Å². The van der Waals surface area contributed by atoms with Crippen LogP contribution in [-0.4, -0.2) is 78.8 Å². The van der Waals surface area contributed by atoms with Crippen molar-refractivity contribution in [2.24, 2.45) is 0 Å². The maximum absolute atomic E-state index is 12.1. The molecule has 0 unspecified atom stereocenters. The molecular weight excluding hydrogens is 564 g/mol. The highest BCUT2D eigenvalue weighted by molar-refractivity contribution is 5.85. The number of hydrogen-bond donors (Lipinski definition) is 1. The van der Waals surface area contributed by atoms with E-state index in [0.29, 0.717) is 6.04 Å². The molecule has 2 aromatic rings. The predicted molar refractivity (Wildman–Crippen MR) is 167 cm³/mol. The second-order valence-corrected chi connectivity index (χ2v) is 11.4. The molecule has 0 aromatic heterocycles. The highest BCUT2D eigenvalue weighted by Gasteiger charge is 2.28. The molecule has 0 bridgehead atoms. The molecule has 2 aliphatic heterocycles. The van der Waals surface area contributed by atoms with Crippen LogP contribution in [-0.2, 0) is 4.74 Å². The fourth-order valence-electron chi connectivity index (χ4n) is 4.99. The number of hydrogen-bond acceptors (Lipinski definition) is 9. The highest BCUT2D eigenvalue weighted by Crippen LogP contribution is 2.25. The van der Waals surface area contributed by atoms with E-state index in [1.807, 2.05) is 40.0 Å². The summed E-state index contributed by atoms with van der Waals surface area (Å²) in [5.41, 5.74) is 1.80. The maximum atomic E-state index is 12.1. The van der Waals surface area contributed by atoms with E-state index >= 15 is 0 Å². The number of ether oxygens (including phenoxy) is 1. The molecule has 0 atom stereocenters. The van der Waals surface area contributed by atoms with Gasteiger partial charge in [0, 0.05) is 81.0 Å². The number of amides is 1. The topological polar surface area (TPSA) is 134 Å². The molecule has 0 saturated carbocycles. The molecule has 2 heterocycles. The Kier molecular flexibility index (Phi) is 12.8. The van der Waals surface area contributed by atoms with E-state index in [2.05, 4.69) is 15.1 Å². The molecule has 12 nitrogen and oxygen atoms in total. The number of anilines is 2. The SMILES string of the molecule is CN(C(=O)OC(C)(C)C)C1CCN(c2ccc([N+](=O)[O-])cc2)CC1.CNC1CCN(c2ccc([N+](=O)[O-])cc2)CC1.Cl. The average Bonchev–Trinajstić information content (AvgIpc) is 2.96. The molecule has 1 N–H and O–H groups in total. The van der Waals surface area contributed by atoms with Gasteiger partial charge in [-0.1, -0.05) is 0 Å². The molecule has 2 aromatic carbocycles. The third-order valence-corrected chi connectivity index (χ3v) is 7.45. The number of nitrogens with one attached hydrogen (secondary N) is 1. The monoisotopic (exact) mass is 606 g/mol. The summed E-state index contributed by atoms with van der Waals surface area (Å²) >= 11 is 0. The number of nitrogens with zero attached hydrogens (tertiary/aromatic N) is 5. The lowest BCUT2D eigenvalue weighted by Gasteiger charge is -2.38. The molecular formula is C29H43ClN6O6. The summed E-state index contributed by atoms with van der Waals surface area (Å²) in [6, 6.07) is 14.1. The van der Waals surface area contributed by atoms with Gasteiger partial charge < -0.3 is 24.8 Å². The normalized spacial score (nSPS) is 16.0. The third-order valence-electron chi connectivity index (χ3n) is 7.45. The first kappa shape index (κ1) is 34.6. The summed E-state index contributed by atoms with van der Waals surface area (Å²) < 4.78 is 5.41. The number of rotatable bonds is 6. The number of halogens is 1. The van der Waals surface area contributed by atoms with Crippen LogP contribution in [0.15, 0.2) is 48.5 Å². The van der Waals surface area contributed by atoms with Gasteiger partial charge in [0.05, 0.1) is 9.85 Å². The van der Waals surface area contributed by atoms with Gasteiger partial charge in [-0.3, -0.25) is 20.2 Å². The fourth-order valence-corrected chi connectivity index (χ4v) is 4.99. The van der Waals surface area contributed by atoms with E-state index in [4.69, 9.17) is 4.74 Å². The van der Waals surface area contributed by atoms with Crippen LogP contribution in [0.1, 0.15) is 46.5 Å². The summed E-state index contributed by atoms with van der Waals surface area (Å²) in [5, 5.41) is 24.5. The Morgan fingerprint density at radius 1 is 0.833 bits per heavy atom. The molecule has 42 heavy (non-hydrogen) atoms. The second-order valence-electron chi connectivity index (χ2n) is 11.4. The standard InChI is InChI=1S/C17H25N3O4.C12H17N3O2.ClH/c1-17(2,3)24-16(21)18(4)13-9-11-19(12-10-13)14-5-7-15(8-6-14)20(22)23;1-13-10-6-8-14(9-7-10)11-2-4-12(5-3-11)15(16)17;/h5-8,13H,9-12H2,1-4H3;2-5,10,13H,6-9H2,1H3;1H. The molecule has 2 aliphatic rings. The summed E-state index contributed by atoms with van der Waals surface area (Å²) in [5.74, 6) is 0. The quantitative estimate of drug-likeness (QED) is 0.327. The third kappa shape index (κ3) is 10.0. The maximum Gasteiger partial charge on any atom is 0.410 e. The Morgan fingerprint density at radius 3 is 1.55 bits per heavy atom. The Bertz CT molecular complexity index is 1160. The molecule has 2 saturated heterocycles. The highest BCUT2D eigenvalue weighted by atomic mass is 35.5. The van der Waals surface area contributed by atoms with Crippen molar-refractivity contribution in [2.45, 2.75) is 64.1 Å². The van der Waals surface area contributed by atoms with Crippen molar-refractivity contribution in [2.75, 3.05) is 50.1 Å². The summed E-state index contributed by atoms with van der Waals surface area (Å²) in [6.07, 6.45) is 3.62. The van der Waals surface area contributed by atoms with E-state index in [1.54, 1.807) is 36.2 Å². The van der Waals surface area contributed by atoms with E-state index in [9.17, 15) is 25.0 Å². The number of nitro groups is 2. The van der Waals surface area contributed by atoms with Crippen molar-refractivity contribution in [3.63, 3.8) is 0 Å². The van der Waals surface area contributed by atoms with Gasteiger partial charge in [0.2, 0.25) is 0 Å². The molecule has 1 amide bonds. The molecule has 13 heteroatoms. The minimum absolute atomic E-state index is 0. The lowest BCUT2D eigenvalue weighted by atomic mass is 10.0. The van der Waals surface area contributed by atoms with Crippen molar-refractivity contribution in [3.8, 4) is 0 Å². The van der Waals surface area contributed by atoms with Crippen LogP contribution >= 0.6 is 12.4 Å². The molecule has 0 aliphatic carbocycles. The van der Waals surface area contributed by atoms with Crippen LogP contribution in [0.4, 0.5) is 27.5 Å². The van der Waals surface area contributed by atoms with Crippen molar-refractivity contribution in [3.05, 3.63) is 68.8 Å². The van der Waals surface area contributed by atoms with Crippen LogP contribution in [0.2, 0.25) is 0 Å². The number of benzene rings is 2. The minimum Gasteiger partial charge on any atom is -0.444 e. The molecule has 232 valence electrons. The van der Waals surface area contributed by atoms with Crippen LogP contribution in [0.3, 0.4) is 0 Å². The van der Waals surface area contributed by atoms with E-state index in [0.717, 1.165) is 63.2 Å². The Balaban J connectivity index is 0.000000302. The van der Waals surface area contributed by atoms with Gasteiger partial charge in [0.25, 0.3) is 11.4 Å². The minimum atomic E-state index is -0.495. The molecule has 4 rings (SSSR count). The van der Waals surface area contributed by atoms with Crippen molar-refractivity contribution in [1.82, 2.24) is 10.2 Å². The Hall–Kier alpha value is -3.64. The van der Waals surface area contributed by atoms with Gasteiger partial charge in [-0.15, -0.1) is 12.4 Å². The number of non-ortho nitro benzene ring substituents is 2. The van der Waals surface area contributed by atoms with Gasteiger partial charge in [0.15, 0.2) is 0 Å². The van der Waals surface area contributed by atoms with Crippen LogP contribution in [0.25, 0.3) is 0 Å². The van der Waals surface area contributed by atoms with Crippen molar-refractivity contribution >= 4 is 41.2 Å². The van der Waals surface area contributed by atoms with Crippen molar-refractivity contribution in [1.29, 1.82) is 0 Å². The zero-order valence-corrected chi connectivity index (χ0v) is 25.8. The first-order valence-electron chi connectivity index (χ1n) is 14.0. The van der Waals surface area contributed by atoms with Crippen LogP contribution in [0.5, 0.6) is 0 Å². The van der Waals surface area contributed by atoms with Gasteiger partial charge in [-0.25, -0.2) is 4.79 Å². The lowest BCUT2D eigenvalue weighted by molar-refractivity contribution is -0.385. The smallest absolute Gasteiger partial charge is 0.410 e. The largest absolute Gasteiger partial charge is 0.444 e. The Labute approximate surface area is 253 Å². The van der Waals surface area contributed by atoms with Crippen molar-refractivity contribution < 1.29 is 19.4 Å². The van der Waals surface area contributed by atoms with E-state index in [1.165, 1.54) is 12.1 Å². The number of carbonyl (C=O) groups excluding carboxylic acids is 1. The van der Waals surface area contributed by atoms with E-state index in [-0.39, 0.29) is 40.8 Å². The van der Waals surface area contributed by atoms with Crippen LogP contribution in [0, 0.1) is 20.2 Å². The molecule has 2 fully saturated rings. The number of nitro benzene ring substituents is 2. The lowest BCUT2D eigenvalue weighted by Crippen LogP contribution is -2.47. The first-order chi connectivity index (χ1) is 19.4. The Morgan fingerprint density at radius 2 is 1.21 bits per heavy atom. The average molecular weight is 607 g/mol. The summed E-state index contributed by atoms with van der Waals surface area (Å²) in [4.78, 5) is 38.8. The number of piperidine rings is 2. The predicted octanol–water partition coefficient (Wildman–Crippen LogP) is 5.64. The second kappa shape index (κ2) is 15.5. The van der Waals surface area contributed by atoms with Gasteiger partial charge in [-0.05, 0) is 77.8 Å².